The fourth-order valence-corrected chi connectivity index (χ4v) is 9.89. The predicted octanol–water partition coefficient (Wildman–Crippen LogP) is 3.81. The summed E-state index contributed by atoms with van der Waals surface area (Å²) in [4.78, 5) is 101. The first-order valence-corrected chi connectivity index (χ1v) is 26.5. The first-order chi connectivity index (χ1) is 38.7. The van der Waals surface area contributed by atoms with Gasteiger partial charge in [-0.15, -0.1) is 0 Å². The minimum atomic E-state index is -1.05. The Morgan fingerprint density at radius 3 is 1.54 bits per heavy atom. The van der Waals surface area contributed by atoms with Gasteiger partial charge in [-0.1, -0.05) is 53.7 Å². The molecule has 5 aliphatic heterocycles. The largest absolute Gasteiger partial charge is 0.480 e. The van der Waals surface area contributed by atoms with Gasteiger partial charge in [0.25, 0.3) is 5.91 Å². The summed E-state index contributed by atoms with van der Waals surface area (Å²) >= 11 is 0. The highest BCUT2D eigenvalue weighted by Crippen LogP contribution is 2.27. The van der Waals surface area contributed by atoms with Crippen LogP contribution in [-0.2, 0) is 43.0 Å². The molecular weight excluding hydrogens is 1040 g/mol. The highest BCUT2D eigenvalue weighted by atomic mass is 16.7. The fraction of sp³-hybridized carbons (Fsp3) is 0.411. The molecule has 24 heteroatoms. The third-order valence-electron chi connectivity index (χ3n) is 14.1. The molecule has 3 amide bonds. The number of ether oxygens (including phenoxy) is 4. The summed E-state index contributed by atoms with van der Waals surface area (Å²) in [5, 5.41) is 37.4. The van der Waals surface area contributed by atoms with Gasteiger partial charge in [-0.3, -0.25) is 58.8 Å². The zero-order valence-corrected chi connectivity index (χ0v) is 44.5. The third-order valence-corrected chi connectivity index (χ3v) is 14.1. The number of nitrogens with one attached hydrogen (secondary N) is 3. The fourth-order valence-electron chi connectivity index (χ4n) is 9.89. The smallest absolute Gasteiger partial charge is 0.414 e. The van der Waals surface area contributed by atoms with E-state index in [4.69, 9.17) is 29.2 Å². The third kappa shape index (κ3) is 15.2. The van der Waals surface area contributed by atoms with Crippen molar-refractivity contribution in [2.45, 2.75) is 57.2 Å². The first kappa shape index (κ1) is 57.7. The number of aliphatic carboxylic acids is 2. The maximum Gasteiger partial charge on any atom is 0.414 e. The van der Waals surface area contributed by atoms with Crippen molar-refractivity contribution in [3.63, 3.8) is 0 Å². The van der Waals surface area contributed by atoms with Gasteiger partial charge in [0.2, 0.25) is 6.23 Å². The molecule has 9 rings (SSSR count). The number of rotatable bonds is 20. The van der Waals surface area contributed by atoms with Gasteiger partial charge in [-0.2, -0.15) is 0 Å². The molecule has 5 heterocycles. The van der Waals surface area contributed by atoms with E-state index in [0.29, 0.717) is 101 Å². The number of amidine groups is 2. The molecule has 5 atom stereocenters. The average molecular weight is 1100 g/mol. The highest BCUT2D eigenvalue weighted by Gasteiger charge is 2.38. The van der Waals surface area contributed by atoms with Gasteiger partial charge in [-0.05, 0) is 74.5 Å². The Kier molecular flexibility index (Phi) is 19.8. The van der Waals surface area contributed by atoms with Crippen molar-refractivity contribution in [3.05, 3.63) is 131 Å². The number of benzene rings is 4. The van der Waals surface area contributed by atoms with Crippen LogP contribution in [0.25, 0.3) is 0 Å². The molecule has 0 radical (unpaired) electrons. The number of hydrogen-bond acceptors (Lipinski definition) is 19. The van der Waals surface area contributed by atoms with Gasteiger partial charge in [-0.25, -0.2) is 9.59 Å². The first-order valence-electron chi connectivity index (χ1n) is 26.5. The quantitative estimate of drug-likeness (QED) is 0.0364. The van der Waals surface area contributed by atoms with E-state index in [1.54, 1.807) is 77.1 Å². The van der Waals surface area contributed by atoms with Crippen molar-refractivity contribution >= 4 is 65.0 Å². The Morgan fingerprint density at radius 2 is 1.09 bits per heavy atom. The average Bonchev–Trinajstić information content (AvgIpc) is 4.22. The molecule has 4 saturated heterocycles. The van der Waals surface area contributed by atoms with E-state index in [1.807, 2.05) is 60.7 Å². The number of piperazine rings is 2. The molecule has 24 nitrogen and oxygen atoms in total. The van der Waals surface area contributed by atoms with Crippen LogP contribution in [0.1, 0.15) is 60.0 Å². The number of amides is 3. The number of hydrogen-bond donors (Lipinski definition) is 5. The molecule has 4 aromatic rings. The van der Waals surface area contributed by atoms with Crippen LogP contribution in [0.15, 0.2) is 114 Å². The number of esters is 2. The maximum absolute atomic E-state index is 12.7. The van der Waals surface area contributed by atoms with Crippen molar-refractivity contribution in [2.24, 2.45) is 5.16 Å². The summed E-state index contributed by atoms with van der Waals surface area (Å²) in [6.07, 6.45) is -2.27. The minimum Gasteiger partial charge on any atom is -0.480 e. The molecule has 4 fully saturated rings. The summed E-state index contributed by atoms with van der Waals surface area (Å²) in [5.74, 6) is -2.94. The molecule has 5 aliphatic rings. The number of anilines is 2. The number of carbonyl (C=O) groups is 7. The van der Waals surface area contributed by atoms with Crippen LogP contribution in [0, 0.1) is 5.41 Å². The lowest BCUT2D eigenvalue weighted by Crippen LogP contribution is -2.54. The van der Waals surface area contributed by atoms with Crippen molar-refractivity contribution in [2.75, 3.05) is 102 Å². The molecule has 0 aromatic heterocycles. The summed E-state index contributed by atoms with van der Waals surface area (Å²) < 4.78 is 21.1. The summed E-state index contributed by atoms with van der Waals surface area (Å²) in [6.45, 7) is 9.89. The SMILES string of the molecule is CCOC(=O)CC(C(=O)O)N1CCN(CC2CN(c3ccc(C(=N)NC(=O)c4ccccc4)cc3)C(=O)O2)CC1.CCOC(=O)CC(C(=O)O)N1CCN(CC2CN(c3ccc(C4=NOC(c5ccccc5)N4)cc3)C(=O)O2)CC1. The zero-order valence-electron chi connectivity index (χ0n) is 44.5. The van der Waals surface area contributed by atoms with Gasteiger partial charge in [0.05, 0.1) is 39.1 Å². The second kappa shape index (κ2) is 27.4. The molecule has 5 unspecified atom stereocenters. The summed E-state index contributed by atoms with van der Waals surface area (Å²) in [6, 6.07) is 30.8. The van der Waals surface area contributed by atoms with Crippen LogP contribution >= 0.6 is 0 Å². The second-order valence-corrected chi connectivity index (χ2v) is 19.4. The van der Waals surface area contributed by atoms with Gasteiger partial charge >= 0.3 is 36.1 Å². The van der Waals surface area contributed by atoms with Crippen LogP contribution < -0.4 is 20.4 Å². The number of oxime groups is 1. The Bertz CT molecular complexity index is 2850. The van der Waals surface area contributed by atoms with Crippen LogP contribution in [0.5, 0.6) is 0 Å². The van der Waals surface area contributed by atoms with Gasteiger partial charge in [0.15, 0.2) is 5.84 Å². The van der Waals surface area contributed by atoms with Crippen molar-refractivity contribution < 1.29 is 67.6 Å². The molecule has 4 aromatic carbocycles. The number of carbonyl (C=O) groups excluding carboxylic acids is 5. The highest BCUT2D eigenvalue weighted by molar-refractivity contribution is 6.11. The number of cyclic esters (lactones) is 2. The second-order valence-electron chi connectivity index (χ2n) is 19.4. The lowest BCUT2D eigenvalue weighted by Gasteiger charge is -2.37. The van der Waals surface area contributed by atoms with Gasteiger partial charge in [0.1, 0.15) is 30.1 Å². The molecule has 0 spiro atoms. The van der Waals surface area contributed by atoms with Crippen LogP contribution in [-0.4, -0.2) is 199 Å². The van der Waals surface area contributed by atoms with E-state index in [2.05, 4.69) is 25.6 Å². The van der Waals surface area contributed by atoms with Crippen LogP contribution in [0.2, 0.25) is 0 Å². The lowest BCUT2D eigenvalue weighted by molar-refractivity contribution is -0.153. The molecule has 0 saturated carbocycles. The van der Waals surface area contributed by atoms with E-state index in [1.165, 1.54) is 4.90 Å². The van der Waals surface area contributed by atoms with E-state index in [9.17, 15) is 43.8 Å². The Morgan fingerprint density at radius 1 is 0.637 bits per heavy atom. The van der Waals surface area contributed by atoms with E-state index >= 15 is 0 Å². The Hall–Kier alpha value is -8.45. The molecule has 0 bridgehead atoms. The van der Waals surface area contributed by atoms with Gasteiger partial charge < -0.3 is 44.6 Å². The normalized spacial score (nSPS) is 20.4. The topological polar surface area (TPSA) is 286 Å². The van der Waals surface area contributed by atoms with Crippen molar-refractivity contribution in [1.29, 1.82) is 5.41 Å². The van der Waals surface area contributed by atoms with Crippen molar-refractivity contribution in [1.82, 2.24) is 30.2 Å². The number of nitrogens with zero attached hydrogens (tertiary/aromatic N) is 7. The summed E-state index contributed by atoms with van der Waals surface area (Å²) in [5.41, 5.74) is 4.11. The molecule has 80 heavy (non-hydrogen) atoms. The Labute approximate surface area is 462 Å². The number of carboxylic acid groups (broad SMARTS) is 2. The van der Waals surface area contributed by atoms with E-state index in [0.717, 1.165) is 16.8 Å². The molecule has 5 N–H and O–H groups in total. The zero-order chi connectivity index (χ0) is 56.7. The standard InChI is InChI=1S/2C28H33N5O7/c1-2-38-24(34)16-23(27(35)36)32-14-12-31(13-15-32)17-22-18-33(28(37)39-22)21-10-8-19(9-11-21)25-29-26(40-30-25)20-6-4-3-5-7-20;1-2-39-24(34)16-23(27(36)37)32-14-12-31(13-15-32)17-22-18-33(28(38)40-22)21-10-8-19(9-11-21)25(29)30-26(35)20-6-4-3-5-7-20/h3-11,22-23,26H,2,12-18H2,1H3,(H,29,30)(H,35,36);3-11,22-23H,2,12-18H2,1H3,(H,36,37)(H2,29,30,35). The van der Waals surface area contributed by atoms with Crippen molar-refractivity contribution in [3.8, 4) is 0 Å². The molecule has 424 valence electrons. The Balaban J connectivity index is 0.000000210. The van der Waals surface area contributed by atoms with Crippen LogP contribution in [0.4, 0.5) is 21.0 Å². The van der Waals surface area contributed by atoms with Gasteiger partial charge in [0, 0.05) is 99.1 Å². The predicted molar refractivity (Wildman–Crippen MR) is 290 cm³/mol. The summed E-state index contributed by atoms with van der Waals surface area (Å²) in [7, 11) is 0. The maximum atomic E-state index is 12.7. The molecule has 0 aliphatic carbocycles. The molecular formula is C56H66N10O14. The van der Waals surface area contributed by atoms with E-state index < -0.39 is 48.1 Å². The monoisotopic (exact) mass is 1100 g/mol. The lowest BCUT2D eigenvalue weighted by atomic mass is 10.1. The van der Waals surface area contributed by atoms with E-state index in [-0.39, 0.29) is 56.2 Å². The minimum absolute atomic E-state index is 0.0474. The number of carboxylic acids is 2. The van der Waals surface area contributed by atoms with Crippen LogP contribution in [0.3, 0.4) is 0 Å².